The van der Waals surface area contributed by atoms with Crippen LogP contribution >= 0.6 is 15.9 Å². The van der Waals surface area contributed by atoms with Crippen LogP contribution in [0.3, 0.4) is 0 Å². The summed E-state index contributed by atoms with van der Waals surface area (Å²) in [5.74, 6) is 0.295. The summed E-state index contributed by atoms with van der Waals surface area (Å²) in [6.07, 6.45) is 3.40. The van der Waals surface area contributed by atoms with E-state index in [1.54, 1.807) is 24.4 Å². The van der Waals surface area contributed by atoms with E-state index in [1.807, 2.05) is 0 Å². The Labute approximate surface area is 112 Å². The maximum Gasteiger partial charge on any atom is 0.148 e. The van der Waals surface area contributed by atoms with Gasteiger partial charge in [0.2, 0.25) is 0 Å². The molecular formula is C13H11BrFN3. The van der Waals surface area contributed by atoms with Gasteiger partial charge in [-0.1, -0.05) is 15.9 Å². The summed E-state index contributed by atoms with van der Waals surface area (Å²) in [5, 5.41) is 0. The first-order valence-corrected chi connectivity index (χ1v) is 6.46. The summed E-state index contributed by atoms with van der Waals surface area (Å²) >= 11 is 3.33. The predicted octanol–water partition coefficient (Wildman–Crippen LogP) is 2.99. The fourth-order valence-electron chi connectivity index (χ4n) is 1.80. The van der Waals surface area contributed by atoms with Crippen LogP contribution in [0.25, 0.3) is 11.3 Å². The van der Waals surface area contributed by atoms with Gasteiger partial charge in [0.25, 0.3) is 0 Å². The van der Waals surface area contributed by atoms with Gasteiger partial charge in [-0.3, -0.25) is 0 Å². The van der Waals surface area contributed by atoms with Gasteiger partial charge in [0, 0.05) is 16.2 Å². The molecule has 0 atom stereocenters. The first kappa shape index (κ1) is 11.7. The molecule has 2 aromatic rings. The number of hydrogen-bond donors (Lipinski definition) is 1. The first-order valence-electron chi connectivity index (χ1n) is 5.66. The van der Waals surface area contributed by atoms with E-state index in [4.69, 9.17) is 5.73 Å². The number of nitrogens with two attached hydrogens (primary N) is 1. The highest BCUT2D eigenvalue weighted by Gasteiger charge is 2.43. The van der Waals surface area contributed by atoms with Crippen LogP contribution in [-0.4, -0.2) is 9.97 Å². The molecule has 1 heterocycles. The van der Waals surface area contributed by atoms with Crippen molar-refractivity contribution in [2.45, 2.75) is 18.4 Å². The van der Waals surface area contributed by atoms with Crippen LogP contribution in [-0.2, 0) is 5.54 Å². The summed E-state index contributed by atoms with van der Waals surface area (Å²) in [5.41, 5.74) is 6.67. The number of nitrogens with zero attached hydrogens (tertiary/aromatic N) is 2. The molecule has 1 aromatic carbocycles. The average molecular weight is 308 g/mol. The summed E-state index contributed by atoms with van der Waals surface area (Å²) in [6.45, 7) is 0. The molecule has 3 rings (SSSR count). The van der Waals surface area contributed by atoms with Gasteiger partial charge in [0.1, 0.15) is 11.6 Å². The lowest BCUT2D eigenvalue weighted by molar-refractivity contribution is 0.628. The molecule has 0 unspecified atom stereocenters. The maximum atomic E-state index is 13.8. The van der Waals surface area contributed by atoms with Gasteiger partial charge >= 0.3 is 0 Å². The number of aromatic nitrogens is 2. The zero-order valence-electron chi connectivity index (χ0n) is 9.53. The minimum atomic E-state index is -0.404. The second-order valence-corrected chi connectivity index (χ2v) is 5.46. The molecule has 5 heteroatoms. The third-order valence-corrected chi connectivity index (χ3v) is 3.59. The molecule has 0 amide bonds. The van der Waals surface area contributed by atoms with Gasteiger partial charge in [-0.15, -0.1) is 0 Å². The van der Waals surface area contributed by atoms with E-state index in [2.05, 4.69) is 25.9 Å². The van der Waals surface area contributed by atoms with Crippen molar-refractivity contribution in [3.05, 3.63) is 46.6 Å². The Morgan fingerprint density at radius 3 is 2.78 bits per heavy atom. The second-order valence-electron chi connectivity index (χ2n) is 4.55. The van der Waals surface area contributed by atoms with Crippen molar-refractivity contribution < 1.29 is 4.39 Å². The smallest absolute Gasteiger partial charge is 0.148 e. The lowest BCUT2D eigenvalue weighted by Crippen LogP contribution is -2.22. The zero-order chi connectivity index (χ0) is 12.8. The Balaban J connectivity index is 2.09. The van der Waals surface area contributed by atoms with Crippen LogP contribution in [0, 0.1) is 5.82 Å². The third kappa shape index (κ3) is 2.04. The molecule has 0 aliphatic heterocycles. The Morgan fingerprint density at radius 1 is 1.28 bits per heavy atom. The fraction of sp³-hybridized carbons (Fsp3) is 0.231. The topological polar surface area (TPSA) is 51.8 Å². The molecule has 92 valence electrons. The van der Waals surface area contributed by atoms with E-state index in [0.717, 1.165) is 17.3 Å². The molecule has 1 aliphatic rings. The standard InChI is InChI=1S/C13H11BrFN3/c14-8-1-2-10(15)9(7-8)11-3-6-17-12(18-11)13(16)4-5-13/h1-3,6-7H,4-5,16H2. The molecule has 1 saturated carbocycles. The van der Waals surface area contributed by atoms with Crippen LogP contribution in [0.15, 0.2) is 34.9 Å². The van der Waals surface area contributed by atoms with E-state index in [1.165, 1.54) is 6.07 Å². The molecular weight excluding hydrogens is 297 g/mol. The monoisotopic (exact) mass is 307 g/mol. The van der Waals surface area contributed by atoms with E-state index < -0.39 is 5.54 Å². The molecule has 0 spiro atoms. The van der Waals surface area contributed by atoms with Crippen LogP contribution in [0.5, 0.6) is 0 Å². The van der Waals surface area contributed by atoms with Crippen molar-refractivity contribution in [3.63, 3.8) is 0 Å². The van der Waals surface area contributed by atoms with E-state index in [-0.39, 0.29) is 5.82 Å². The Bertz CT molecular complexity index is 611. The van der Waals surface area contributed by atoms with Crippen molar-refractivity contribution in [1.82, 2.24) is 9.97 Å². The summed E-state index contributed by atoms with van der Waals surface area (Å²) in [7, 11) is 0. The molecule has 0 radical (unpaired) electrons. The molecule has 0 saturated heterocycles. The summed E-state index contributed by atoms with van der Waals surface area (Å²) in [4.78, 5) is 8.56. The van der Waals surface area contributed by atoms with Crippen LogP contribution in [0.2, 0.25) is 0 Å². The molecule has 1 fully saturated rings. The Morgan fingerprint density at radius 2 is 2.06 bits per heavy atom. The van der Waals surface area contributed by atoms with Gasteiger partial charge < -0.3 is 5.73 Å². The molecule has 0 bridgehead atoms. The van der Waals surface area contributed by atoms with Gasteiger partial charge in [-0.2, -0.15) is 0 Å². The molecule has 1 aliphatic carbocycles. The van der Waals surface area contributed by atoms with Crippen molar-refractivity contribution in [2.75, 3.05) is 0 Å². The first-order chi connectivity index (χ1) is 8.58. The largest absolute Gasteiger partial charge is 0.319 e. The number of hydrogen-bond acceptors (Lipinski definition) is 3. The van der Waals surface area contributed by atoms with Crippen molar-refractivity contribution in [3.8, 4) is 11.3 Å². The van der Waals surface area contributed by atoms with E-state index >= 15 is 0 Å². The van der Waals surface area contributed by atoms with E-state index in [9.17, 15) is 4.39 Å². The quantitative estimate of drug-likeness (QED) is 0.928. The molecule has 2 N–H and O–H groups in total. The van der Waals surface area contributed by atoms with Crippen LogP contribution in [0.1, 0.15) is 18.7 Å². The Hall–Kier alpha value is -1.33. The minimum absolute atomic E-state index is 0.301. The molecule has 1 aromatic heterocycles. The number of halogens is 2. The Kier molecular flexibility index (Phi) is 2.68. The van der Waals surface area contributed by atoms with Crippen molar-refractivity contribution >= 4 is 15.9 Å². The second kappa shape index (κ2) is 4.10. The molecule has 18 heavy (non-hydrogen) atoms. The van der Waals surface area contributed by atoms with Crippen molar-refractivity contribution in [2.24, 2.45) is 5.73 Å². The summed E-state index contributed by atoms with van der Waals surface area (Å²) in [6, 6.07) is 6.47. The van der Waals surface area contributed by atoms with Gasteiger partial charge in [-0.05, 0) is 37.1 Å². The zero-order valence-corrected chi connectivity index (χ0v) is 11.1. The normalized spacial score (nSPS) is 16.6. The predicted molar refractivity (Wildman–Crippen MR) is 70.2 cm³/mol. The van der Waals surface area contributed by atoms with Gasteiger partial charge in [-0.25, -0.2) is 14.4 Å². The van der Waals surface area contributed by atoms with Crippen LogP contribution < -0.4 is 5.73 Å². The molecule has 3 nitrogen and oxygen atoms in total. The number of rotatable bonds is 2. The van der Waals surface area contributed by atoms with Gasteiger partial charge in [0.15, 0.2) is 0 Å². The maximum absolute atomic E-state index is 13.8. The highest BCUT2D eigenvalue weighted by Crippen LogP contribution is 2.41. The number of benzene rings is 1. The summed E-state index contributed by atoms with van der Waals surface area (Å²) < 4.78 is 14.6. The van der Waals surface area contributed by atoms with Crippen LogP contribution in [0.4, 0.5) is 4.39 Å². The van der Waals surface area contributed by atoms with E-state index in [0.29, 0.717) is 17.1 Å². The fourth-order valence-corrected chi connectivity index (χ4v) is 2.16. The third-order valence-electron chi connectivity index (χ3n) is 3.09. The highest BCUT2D eigenvalue weighted by molar-refractivity contribution is 9.10. The lowest BCUT2D eigenvalue weighted by atomic mass is 10.1. The van der Waals surface area contributed by atoms with Gasteiger partial charge in [0.05, 0.1) is 11.2 Å². The van der Waals surface area contributed by atoms with Crippen molar-refractivity contribution in [1.29, 1.82) is 0 Å². The minimum Gasteiger partial charge on any atom is -0.319 e. The SMILES string of the molecule is NC1(c2nccc(-c3cc(Br)ccc3F)n2)CC1. The average Bonchev–Trinajstić information content (AvgIpc) is 3.12. The highest BCUT2D eigenvalue weighted by atomic mass is 79.9. The lowest BCUT2D eigenvalue weighted by Gasteiger charge is -2.09.